The molecule has 0 saturated heterocycles. The van der Waals surface area contributed by atoms with E-state index >= 15 is 0 Å². The van der Waals surface area contributed by atoms with Crippen molar-refractivity contribution in [2.75, 3.05) is 23.2 Å². The Hall–Kier alpha value is -5.94. The molecule has 0 aliphatic carbocycles. The summed E-state index contributed by atoms with van der Waals surface area (Å²) >= 11 is 0. The number of anilines is 2. The standard InChI is InChI=1S/C40H38N4O10S2/c1-25(2)37-35(39(45)43(41-37)29-7-5-9-33(23-29)55(47,48)49)21-27-11-15-31(16-12-27)53-19-20-54-32-17-13-28(14-18-32)22-36-38(26(3)4)42-44(40(36)46)30-8-6-10-34(24-30)56(50,51)52/h5-18,21-26H,19-20H2,1-4H3,(H,47,48,49)(H,50,51,52)/b35-21-,36-22+. The van der Waals surface area contributed by atoms with E-state index in [0.717, 1.165) is 21.1 Å². The van der Waals surface area contributed by atoms with Gasteiger partial charge in [-0.2, -0.15) is 37.1 Å². The number of hydrogen-bond acceptors (Lipinski definition) is 10. The van der Waals surface area contributed by atoms with Crippen LogP contribution in [0.2, 0.25) is 0 Å². The lowest BCUT2D eigenvalue weighted by Crippen LogP contribution is -2.22. The predicted molar refractivity (Wildman–Crippen MR) is 212 cm³/mol. The van der Waals surface area contributed by atoms with Gasteiger partial charge in [-0.05, 0) is 95.8 Å². The van der Waals surface area contributed by atoms with Gasteiger partial charge in [0.1, 0.15) is 24.7 Å². The third-order valence-corrected chi connectivity index (χ3v) is 10.3. The van der Waals surface area contributed by atoms with E-state index in [1.807, 2.05) is 27.7 Å². The van der Waals surface area contributed by atoms with Gasteiger partial charge >= 0.3 is 0 Å². The molecule has 14 nitrogen and oxygen atoms in total. The molecule has 2 aliphatic heterocycles. The summed E-state index contributed by atoms with van der Waals surface area (Å²) in [4.78, 5) is 26.2. The number of nitrogens with zero attached hydrogens (tertiary/aromatic N) is 4. The molecule has 0 radical (unpaired) electrons. The van der Waals surface area contributed by atoms with Crippen LogP contribution in [-0.2, 0) is 29.8 Å². The highest BCUT2D eigenvalue weighted by molar-refractivity contribution is 7.86. The van der Waals surface area contributed by atoms with Gasteiger partial charge in [0, 0.05) is 0 Å². The van der Waals surface area contributed by atoms with Gasteiger partial charge in [-0.25, -0.2) is 0 Å². The van der Waals surface area contributed by atoms with Crippen LogP contribution in [0.5, 0.6) is 11.5 Å². The van der Waals surface area contributed by atoms with E-state index in [-0.39, 0.29) is 46.2 Å². The fourth-order valence-corrected chi connectivity index (χ4v) is 6.90. The lowest BCUT2D eigenvalue weighted by molar-refractivity contribution is -0.115. The molecule has 0 aromatic heterocycles. The van der Waals surface area contributed by atoms with Crippen LogP contribution in [0, 0.1) is 11.8 Å². The molecule has 2 heterocycles. The van der Waals surface area contributed by atoms with Gasteiger partial charge in [0.2, 0.25) is 0 Å². The smallest absolute Gasteiger partial charge is 0.294 e. The molecule has 0 atom stereocenters. The summed E-state index contributed by atoms with van der Waals surface area (Å²) < 4.78 is 77.2. The molecular weight excluding hydrogens is 761 g/mol. The second-order valence-electron chi connectivity index (χ2n) is 13.4. The Bertz CT molecular complexity index is 2350. The highest BCUT2D eigenvalue weighted by atomic mass is 32.2. The van der Waals surface area contributed by atoms with Crippen molar-refractivity contribution in [3.8, 4) is 11.5 Å². The third-order valence-electron chi connectivity index (χ3n) is 8.63. The van der Waals surface area contributed by atoms with E-state index in [9.17, 15) is 35.5 Å². The Kier molecular flexibility index (Phi) is 11.4. The van der Waals surface area contributed by atoms with Gasteiger partial charge in [0.15, 0.2) is 0 Å². The summed E-state index contributed by atoms with van der Waals surface area (Å²) in [5.74, 6) is 0.0778. The molecule has 290 valence electrons. The van der Waals surface area contributed by atoms with Gasteiger partial charge in [0.25, 0.3) is 32.1 Å². The first kappa shape index (κ1) is 39.7. The van der Waals surface area contributed by atoms with Crippen molar-refractivity contribution in [2.45, 2.75) is 37.5 Å². The zero-order valence-electron chi connectivity index (χ0n) is 30.7. The molecule has 0 unspecified atom stereocenters. The van der Waals surface area contributed by atoms with Gasteiger partial charge in [-0.1, -0.05) is 64.1 Å². The average Bonchev–Trinajstić information content (AvgIpc) is 3.66. The fraction of sp³-hybridized carbons (Fsp3) is 0.200. The molecule has 2 amide bonds. The summed E-state index contributed by atoms with van der Waals surface area (Å²) in [6.07, 6.45) is 3.42. The van der Waals surface area contributed by atoms with E-state index in [2.05, 4.69) is 10.2 Å². The van der Waals surface area contributed by atoms with Crippen LogP contribution in [0.3, 0.4) is 0 Å². The Labute approximate surface area is 324 Å². The minimum Gasteiger partial charge on any atom is -0.490 e. The molecule has 56 heavy (non-hydrogen) atoms. The monoisotopic (exact) mass is 798 g/mol. The number of carbonyl (C=O) groups excluding carboxylic acids is 2. The molecule has 2 aliphatic rings. The Morgan fingerprint density at radius 2 is 0.946 bits per heavy atom. The zero-order chi connectivity index (χ0) is 40.4. The summed E-state index contributed by atoms with van der Waals surface area (Å²) in [6.45, 7) is 8.07. The normalized spacial score (nSPS) is 16.4. The first-order chi connectivity index (χ1) is 26.5. The highest BCUT2D eigenvalue weighted by Crippen LogP contribution is 2.31. The molecule has 4 aromatic rings. The number of hydrazone groups is 2. The van der Waals surface area contributed by atoms with Crippen LogP contribution in [0.1, 0.15) is 38.8 Å². The Balaban J connectivity index is 1.05. The van der Waals surface area contributed by atoms with Gasteiger partial charge in [-0.15, -0.1) is 0 Å². The Morgan fingerprint density at radius 1 is 0.589 bits per heavy atom. The van der Waals surface area contributed by atoms with E-state index in [4.69, 9.17) is 9.47 Å². The second-order valence-corrected chi connectivity index (χ2v) is 16.3. The maximum absolute atomic E-state index is 13.4. The van der Waals surface area contributed by atoms with Crippen LogP contribution >= 0.6 is 0 Å². The first-order valence-electron chi connectivity index (χ1n) is 17.4. The van der Waals surface area contributed by atoms with Gasteiger partial charge in [0.05, 0.1) is 43.7 Å². The highest BCUT2D eigenvalue weighted by Gasteiger charge is 2.34. The minimum atomic E-state index is -4.47. The van der Waals surface area contributed by atoms with Crippen molar-refractivity contribution < 1.29 is 45.0 Å². The number of benzene rings is 4. The summed E-state index contributed by atoms with van der Waals surface area (Å²) in [5, 5.41) is 11.2. The molecule has 0 saturated carbocycles. The van der Waals surface area contributed by atoms with Crippen LogP contribution in [0.15, 0.2) is 128 Å². The van der Waals surface area contributed by atoms with Gasteiger partial charge in [-0.3, -0.25) is 18.7 Å². The molecule has 0 fully saturated rings. The van der Waals surface area contributed by atoms with E-state index < -0.39 is 32.1 Å². The lowest BCUT2D eigenvalue weighted by atomic mass is 9.98. The topological polar surface area (TPSA) is 193 Å². The van der Waals surface area contributed by atoms with E-state index in [1.165, 1.54) is 48.5 Å². The molecule has 16 heteroatoms. The number of hydrogen-bond donors (Lipinski definition) is 2. The van der Waals surface area contributed by atoms with Crippen molar-refractivity contribution in [2.24, 2.45) is 22.0 Å². The minimum absolute atomic E-state index is 0.112. The number of rotatable bonds is 13. The van der Waals surface area contributed by atoms with Crippen LogP contribution in [-0.4, -0.2) is 62.4 Å². The molecular formula is C40H38N4O10S2. The molecule has 0 bridgehead atoms. The first-order valence-corrected chi connectivity index (χ1v) is 20.3. The lowest BCUT2D eigenvalue weighted by Gasteiger charge is -2.12. The maximum atomic E-state index is 13.4. The van der Waals surface area contributed by atoms with Crippen LogP contribution in [0.25, 0.3) is 12.2 Å². The van der Waals surface area contributed by atoms with Crippen molar-refractivity contribution in [1.29, 1.82) is 0 Å². The summed E-state index contributed by atoms with van der Waals surface area (Å²) in [7, 11) is -8.93. The molecule has 6 rings (SSSR count). The van der Waals surface area contributed by atoms with E-state index in [0.29, 0.717) is 34.1 Å². The second kappa shape index (κ2) is 16.0. The molecule has 0 spiro atoms. The van der Waals surface area contributed by atoms with Crippen LogP contribution < -0.4 is 19.5 Å². The number of ether oxygens (including phenoxy) is 2. The Morgan fingerprint density at radius 3 is 1.27 bits per heavy atom. The summed E-state index contributed by atoms with van der Waals surface area (Å²) in [6, 6.07) is 25.0. The van der Waals surface area contributed by atoms with Crippen molar-refractivity contribution in [3.63, 3.8) is 0 Å². The van der Waals surface area contributed by atoms with Crippen molar-refractivity contribution in [3.05, 3.63) is 119 Å². The largest absolute Gasteiger partial charge is 0.490 e. The zero-order valence-corrected chi connectivity index (χ0v) is 32.4. The van der Waals surface area contributed by atoms with E-state index in [1.54, 1.807) is 60.7 Å². The van der Waals surface area contributed by atoms with Gasteiger partial charge < -0.3 is 9.47 Å². The maximum Gasteiger partial charge on any atom is 0.294 e. The number of amides is 2. The number of carbonyl (C=O) groups is 2. The predicted octanol–water partition coefficient (Wildman–Crippen LogP) is 6.52. The molecule has 2 N–H and O–H groups in total. The average molecular weight is 799 g/mol. The SMILES string of the molecule is CC(C)C1=NN(c2cccc(S(=O)(=O)O)c2)C(=O)/C1=C\c1ccc(OCCOc2ccc(/C=C3/C(=O)N(c4cccc(S(=O)(=O)O)c4)N=C3C(C)C)cc2)cc1. The fourth-order valence-electron chi connectivity index (χ4n) is 5.86. The molecule has 4 aromatic carbocycles. The quantitative estimate of drug-likeness (QED) is 0.0855. The van der Waals surface area contributed by atoms with Crippen LogP contribution in [0.4, 0.5) is 11.4 Å². The van der Waals surface area contributed by atoms with Crippen molar-refractivity contribution in [1.82, 2.24) is 0 Å². The van der Waals surface area contributed by atoms with Crippen molar-refractivity contribution >= 4 is 67.0 Å². The third kappa shape index (κ3) is 8.95. The summed E-state index contributed by atoms with van der Waals surface area (Å²) in [5.41, 5.74) is 3.64.